The maximum atomic E-state index is 13.9. The Hall–Kier alpha value is -4.71. The van der Waals surface area contributed by atoms with Crippen LogP contribution in [0.5, 0.6) is 0 Å². The monoisotopic (exact) mass is 548 g/mol. The number of fused-ring (bicyclic) bond motifs is 1. The van der Waals surface area contributed by atoms with Crippen molar-refractivity contribution in [3.05, 3.63) is 77.5 Å². The minimum Gasteiger partial charge on any atom is -0.370 e. The van der Waals surface area contributed by atoms with Crippen molar-refractivity contribution in [1.82, 2.24) is 14.8 Å². The Morgan fingerprint density at radius 1 is 1.07 bits per heavy atom. The van der Waals surface area contributed by atoms with Crippen molar-refractivity contribution in [2.24, 2.45) is 11.8 Å². The predicted octanol–water partition coefficient (Wildman–Crippen LogP) is 4.17. The first kappa shape index (κ1) is 26.5. The molecule has 6 rings (SSSR count). The number of nitrogens with zero attached hydrogens (tertiary/aromatic N) is 5. The second kappa shape index (κ2) is 10.7. The van der Waals surface area contributed by atoms with Crippen LogP contribution in [-0.2, 0) is 11.3 Å². The summed E-state index contributed by atoms with van der Waals surface area (Å²) in [6.07, 6.45) is 4.28. The van der Waals surface area contributed by atoms with E-state index in [0.29, 0.717) is 29.9 Å². The van der Waals surface area contributed by atoms with Crippen molar-refractivity contribution in [2.45, 2.75) is 32.4 Å². The molecule has 3 amide bonds. The summed E-state index contributed by atoms with van der Waals surface area (Å²) in [4.78, 5) is 49.5. The molecule has 3 heterocycles. The van der Waals surface area contributed by atoms with Gasteiger partial charge in [0, 0.05) is 45.0 Å². The Kier molecular flexibility index (Phi) is 6.91. The molecule has 2 aromatic carbocycles. The third-order valence-electron chi connectivity index (χ3n) is 8.25. The topological polar surface area (TPSA) is 110 Å². The molecule has 1 saturated heterocycles. The number of hydrogen-bond acceptors (Lipinski definition) is 6. The van der Waals surface area contributed by atoms with Gasteiger partial charge in [-0.2, -0.15) is 5.26 Å². The molecule has 0 unspecified atom stereocenters. The van der Waals surface area contributed by atoms with Gasteiger partial charge in [0.2, 0.25) is 5.91 Å². The molecule has 1 atom stereocenters. The molecular formula is C32H32N6O3. The van der Waals surface area contributed by atoms with Crippen LogP contribution >= 0.6 is 0 Å². The minimum atomic E-state index is -0.700. The van der Waals surface area contributed by atoms with Gasteiger partial charge < -0.3 is 20.0 Å². The highest BCUT2D eigenvalue weighted by atomic mass is 16.2. The number of amides is 3. The number of benzene rings is 2. The van der Waals surface area contributed by atoms with Crippen molar-refractivity contribution in [3.8, 4) is 17.2 Å². The first-order valence-electron chi connectivity index (χ1n) is 14.0. The lowest BCUT2D eigenvalue weighted by Crippen LogP contribution is -2.49. The zero-order chi connectivity index (χ0) is 28.7. The molecule has 2 aliphatic heterocycles. The van der Waals surface area contributed by atoms with E-state index in [0.717, 1.165) is 35.0 Å². The largest absolute Gasteiger partial charge is 0.370 e. The molecule has 1 saturated carbocycles. The number of hydrogen-bond donors (Lipinski definition) is 1. The van der Waals surface area contributed by atoms with E-state index < -0.39 is 6.04 Å². The molecule has 3 aliphatic rings. The molecule has 1 aromatic heterocycles. The lowest BCUT2D eigenvalue weighted by molar-refractivity contribution is -0.122. The maximum absolute atomic E-state index is 13.9. The Morgan fingerprint density at radius 2 is 1.85 bits per heavy atom. The average Bonchev–Trinajstić information content (AvgIpc) is 3.81. The van der Waals surface area contributed by atoms with Crippen LogP contribution in [-0.4, -0.2) is 65.2 Å². The predicted molar refractivity (Wildman–Crippen MR) is 155 cm³/mol. The lowest BCUT2D eigenvalue weighted by Gasteiger charge is -2.35. The van der Waals surface area contributed by atoms with Crippen LogP contribution in [0.2, 0.25) is 0 Å². The van der Waals surface area contributed by atoms with Crippen LogP contribution in [0.4, 0.5) is 11.5 Å². The number of anilines is 2. The number of nitriles is 1. The number of nitrogens with one attached hydrogen (secondary N) is 1. The molecule has 41 heavy (non-hydrogen) atoms. The number of pyridine rings is 1. The van der Waals surface area contributed by atoms with E-state index >= 15 is 0 Å². The molecule has 208 valence electrons. The summed E-state index contributed by atoms with van der Waals surface area (Å²) in [7, 11) is 1.70. The summed E-state index contributed by atoms with van der Waals surface area (Å²) in [6.45, 7) is 3.69. The van der Waals surface area contributed by atoms with Gasteiger partial charge in [-0.1, -0.05) is 18.2 Å². The fourth-order valence-corrected chi connectivity index (χ4v) is 5.43. The van der Waals surface area contributed by atoms with E-state index in [1.807, 2.05) is 30.3 Å². The molecule has 0 bridgehead atoms. The number of likely N-dealkylation sites (N-methyl/N-ethyl adjacent to an activating group) is 1. The molecule has 1 aliphatic carbocycles. The Bertz CT molecular complexity index is 1570. The van der Waals surface area contributed by atoms with Crippen LogP contribution in [0.25, 0.3) is 11.1 Å². The quantitative estimate of drug-likeness (QED) is 0.475. The molecule has 9 nitrogen and oxygen atoms in total. The highest BCUT2D eigenvalue weighted by Gasteiger charge is 2.36. The molecule has 2 fully saturated rings. The van der Waals surface area contributed by atoms with E-state index in [-0.39, 0.29) is 30.2 Å². The van der Waals surface area contributed by atoms with Crippen LogP contribution in [0.15, 0.2) is 60.8 Å². The fourth-order valence-electron chi connectivity index (χ4n) is 5.43. The van der Waals surface area contributed by atoms with E-state index in [2.05, 4.69) is 16.4 Å². The smallest absolute Gasteiger partial charge is 0.256 e. The summed E-state index contributed by atoms with van der Waals surface area (Å²) in [6, 6.07) is 18.1. The van der Waals surface area contributed by atoms with E-state index in [1.54, 1.807) is 59.1 Å². The third-order valence-corrected chi connectivity index (χ3v) is 8.25. The fraction of sp³-hybridized carbons (Fsp3) is 0.344. The summed E-state index contributed by atoms with van der Waals surface area (Å²) in [5.74, 6) is 0.851. The van der Waals surface area contributed by atoms with Crippen molar-refractivity contribution < 1.29 is 14.4 Å². The van der Waals surface area contributed by atoms with Crippen molar-refractivity contribution in [2.75, 3.05) is 36.9 Å². The van der Waals surface area contributed by atoms with Crippen LogP contribution in [0.3, 0.4) is 0 Å². The second-order valence-electron chi connectivity index (χ2n) is 11.2. The molecule has 0 radical (unpaired) electrons. The highest BCUT2D eigenvalue weighted by molar-refractivity contribution is 6.11. The third kappa shape index (κ3) is 5.25. The summed E-state index contributed by atoms with van der Waals surface area (Å²) < 4.78 is 0. The Balaban J connectivity index is 1.25. The minimum absolute atomic E-state index is 0.120. The van der Waals surface area contributed by atoms with Crippen molar-refractivity contribution in [3.63, 3.8) is 0 Å². The van der Waals surface area contributed by atoms with Crippen molar-refractivity contribution in [1.29, 1.82) is 5.26 Å². The zero-order valence-corrected chi connectivity index (χ0v) is 23.2. The molecule has 3 aromatic rings. The van der Waals surface area contributed by atoms with Gasteiger partial charge in [0.25, 0.3) is 11.8 Å². The molecule has 1 N–H and O–H groups in total. The number of rotatable bonds is 7. The number of aromatic nitrogens is 1. The molecule has 0 spiro atoms. The van der Waals surface area contributed by atoms with Crippen molar-refractivity contribution >= 4 is 29.2 Å². The van der Waals surface area contributed by atoms with Gasteiger partial charge in [0.1, 0.15) is 11.9 Å². The standard InChI is InChI=1S/C32H32N6O3/c1-20-30(39)36(2)28-13-24(25-10-11-34-29(14-25)35-16-21-6-7-21)8-9-27(28)32(41)38(20)19-22-4-3-5-26(12-22)31(40)37-17-23(15-33)18-37/h3-5,8-14,20-21,23H,6-7,16-19H2,1-2H3,(H,34,35)/t20-/m1/s1. The van der Waals surface area contributed by atoms with Gasteiger partial charge >= 0.3 is 0 Å². The Labute approximate surface area is 239 Å². The summed E-state index contributed by atoms with van der Waals surface area (Å²) >= 11 is 0. The highest BCUT2D eigenvalue weighted by Crippen LogP contribution is 2.34. The molecular weight excluding hydrogens is 516 g/mol. The summed E-state index contributed by atoms with van der Waals surface area (Å²) in [5.41, 5.74) is 4.12. The van der Waals surface area contributed by atoms with Gasteiger partial charge in [-0.3, -0.25) is 14.4 Å². The van der Waals surface area contributed by atoms with Gasteiger partial charge in [0.05, 0.1) is 23.2 Å². The van der Waals surface area contributed by atoms with E-state index in [4.69, 9.17) is 5.26 Å². The second-order valence-corrected chi connectivity index (χ2v) is 11.2. The normalized spacial score (nSPS) is 18.9. The van der Waals surface area contributed by atoms with Crippen LogP contribution < -0.4 is 10.2 Å². The van der Waals surface area contributed by atoms with Gasteiger partial charge in [-0.25, -0.2) is 4.98 Å². The first-order chi connectivity index (χ1) is 19.8. The summed E-state index contributed by atoms with van der Waals surface area (Å²) in [5, 5.41) is 12.4. The van der Waals surface area contributed by atoms with E-state index in [9.17, 15) is 14.4 Å². The van der Waals surface area contributed by atoms with E-state index in [1.165, 1.54) is 12.8 Å². The SMILES string of the molecule is C[C@@H]1C(=O)N(C)c2cc(-c3ccnc(NCC4CC4)c3)ccc2C(=O)N1Cc1cccc(C(=O)N2CC(C#N)C2)c1. The number of carbonyl (C=O) groups is 3. The number of carbonyl (C=O) groups excluding carboxylic acids is 3. The average molecular weight is 549 g/mol. The maximum Gasteiger partial charge on any atom is 0.256 e. The number of likely N-dealkylation sites (tertiary alicyclic amines) is 1. The zero-order valence-electron chi connectivity index (χ0n) is 23.2. The Morgan fingerprint density at radius 3 is 2.61 bits per heavy atom. The first-order valence-corrected chi connectivity index (χ1v) is 14.0. The van der Waals surface area contributed by atoms with Crippen LogP contribution in [0, 0.1) is 23.2 Å². The van der Waals surface area contributed by atoms with Crippen LogP contribution in [0.1, 0.15) is 46.0 Å². The lowest BCUT2D eigenvalue weighted by atomic mass is 10.00. The molecule has 9 heteroatoms. The van der Waals surface area contributed by atoms with Gasteiger partial charge in [0.15, 0.2) is 0 Å². The van der Waals surface area contributed by atoms with Gasteiger partial charge in [-0.05, 0) is 78.8 Å². The van der Waals surface area contributed by atoms with Gasteiger partial charge in [-0.15, -0.1) is 0 Å².